The molecule has 8 nitrogen and oxygen atoms in total. The van der Waals surface area contributed by atoms with Gasteiger partial charge in [0.15, 0.2) is 0 Å². The van der Waals surface area contributed by atoms with Crippen molar-refractivity contribution in [3.05, 3.63) is 53.9 Å². The minimum absolute atomic E-state index is 0.0817. The molecule has 1 aliphatic rings. The number of carbonyl (C=O) groups is 2. The Hall–Kier alpha value is -3.60. The van der Waals surface area contributed by atoms with Gasteiger partial charge < -0.3 is 19.9 Å². The average molecular weight is 365 g/mol. The smallest absolute Gasteiger partial charge is 0.321 e. The van der Waals surface area contributed by atoms with Crippen molar-refractivity contribution in [3.8, 4) is 11.8 Å². The lowest BCUT2D eigenvalue weighted by atomic mass is 10.1. The number of rotatable bonds is 3. The van der Waals surface area contributed by atoms with Crippen LogP contribution in [0.1, 0.15) is 16.1 Å². The van der Waals surface area contributed by atoms with Crippen LogP contribution in [-0.4, -0.2) is 60.0 Å². The molecule has 8 heteroatoms. The summed E-state index contributed by atoms with van der Waals surface area (Å²) in [4.78, 5) is 32.2. The largest absolute Gasteiger partial charge is 0.497 e. The molecule has 1 aromatic carbocycles. The zero-order valence-corrected chi connectivity index (χ0v) is 14.9. The Bertz CT molecular complexity index is 885. The van der Waals surface area contributed by atoms with Gasteiger partial charge in [0.25, 0.3) is 5.91 Å². The fraction of sp³-hybridized carbons (Fsp3) is 0.263. The zero-order chi connectivity index (χ0) is 19.2. The van der Waals surface area contributed by atoms with E-state index in [0.717, 1.165) is 0 Å². The maximum Gasteiger partial charge on any atom is 0.321 e. The van der Waals surface area contributed by atoms with E-state index in [1.807, 2.05) is 6.07 Å². The number of amides is 3. The molecule has 2 aromatic rings. The molecule has 1 aromatic heterocycles. The van der Waals surface area contributed by atoms with Gasteiger partial charge in [-0.05, 0) is 30.3 Å². The van der Waals surface area contributed by atoms with Gasteiger partial charge >= 0.3 is 6.03 Å². The molecule has 3 amide bonds. The second kappa shape index (κ2) is 8.19. The SMILES string of the molecule is COc1cccc(C(=O)N2CCN(C(=O)Nc3ccnc(C#N)c3)CC2)c1. The lowest BCUT2D eigenvalue weighted by Gasteiger charge is -2.34. The quantitative estimate of drug-likeness (QED) is 0.896. The second-order valence-corrected chi connectivity index (χ2v) is 5.98. The van der Waals surface area contributed by atoms with Gasteiger partial charge in [-0.1, -0.05) is 6.07 Å². The van der Waals surface area contributed by atoms with Crippen LogP contribution in [0.3, 0.4) is 0 Å². The topological polar surface area (TPSA) is 98.6 Å². The van der Waals surface area contributed by atoms with E-state index in [4.69, 9.17) is 10.00 Å². The molecule has 1 fully saturated rings. The highest BCUT2D eigenvalue weighted by Gasteiger charge is 2.25. The number of hydrogen-bond acceptors (Lipinski definition) is 5. The van der Waals surface area contributed by atoms with E-state index >= 15 is 0 Å². The van der Waals surface area contributed by atoms with Crippen LogP contribution in [0.15, 0.2) is 42.6 Å². The molecule has 138 valence electrons. The number of aromatic nitrogens is 1. The molecular weight excluding hydrogens is 346 g/mol. The fourth-order valence-electron chi connectivity index (χ4n) is 2.82. The van der Waals surface area contributed by atoms with E-state index in [1.54, 1.807) is 47.2 Å². The van der Waals surface area contributed by atoms with Crippen molar-refractivity contribution in [2.24, 2.45) is 0 Å². The monoisotopic (exact) mass is 365 g/mol. The summed E-state index contributed by atoms with van der Waals surface area (Å²) in [6.45, 7) is 1.75. The summed E-state index contributed by atoms with van der Waals surface area (Å²) in [5.74, 6) is 0.551. The fourth-order valence-corrected chi connectivity index (χ4v) is 2.82. The Balaban J connectivity index is 1.57. The lowest BCUT2D eigenvalue weighted by Crippen LogP contribution is -2.51. The minimum Gasteiger partial charge on any atom is -0.497 e. The van der Waals surface area contributed by atoms with E-state index in [1.165, 1.54) is 12.3 Å². The van der Waals surface area contributed by atoms with E-state index < -0.39 is 0 Å². The first-order valence-corrected chi connectivity index (χ1v) is 8.46. The van der Waals surface area contributed by atoms with Crippen LogP contribution in [0.5, 0.6) is 5.75 Å². The lowest BCUT2D eigenvalue weighted by molar-refractivity contribution is 0.0671. The number of pyridine rings is 1. The molecule has 0 atom stereocenters. The third-order valence-electron chi connectivity index (χ3n) is 4.30. The van der Waals surface area contributed by atoms with E-state index in [0.29, 0.717) is 43.2 Å². The highest BCUT2D eigenvalue weighted by Crippen LogP contribution is 2.16. The van der Waals surface area contributed by atoms with E-state index in [9.17, 15) is 9.59 Å². The van der Waals surface area contributed by atoms with Gasteiger partial charge in [-0.2, -0.15) is 5.26 Å². The number of anilines is 1. The van der Waals surface area contributed by atoms with Crippen molar-refractivity contribution in [1.82, 2.24) is 14.8 Å². The Morgan fingerprint density at radius 3 is 2.59 bits per heavy atom. The average Bonchev–Trinajstić information content (AvgIpc) is 2.73. The molecule has 0 aliphatic carbocycles. The first-order valence-electron chi connectivity index (χ1n) is 8.46. The van der Waals surface area contributed by atoms with Gasteiger partial charge in [-0.3, -0.25) is 4.79 Å². The van der Waals surface area contributed by atoms with Crippen molar-refractivity contribution in [3.63, 3.8) is 0 Å². The molecule has 0 spiro atoms. The summed E-state index contributed by atoms with van der Waals surface area (Å²) >= 11 is 0. The normalized spacial score (nSPS) is 13.6. The molecule has 0 radical (unpaired) electrons. The summed E-state index contributed by atoms with van der Waals surface area (Å²) in [7, 11) is 1.56. The standard InChI is InChI=1S/C19H19N5O3/c1-27-17-4-2-3-14(11-17)18(25)23-7-9-24(10-8-23)19(26)22-15-5-6-21-16(12-15)13-20/h2-6,11-12H,7-10H2,1H3,(H,21,22,26). The maximum absolute atomic E-state index is 12.6. The van der Waals surface area contributed by atoms with Gasteiger partial charge in [0.05, 0.1) is 7.11 Å². The number of benzene rings is 1. The number of nitriles is 1. The molecule has 1 aliphatic heterocycles. The van der Waals surface area contributed by atoms with Crippen molar-refractivity contribution in [2.75, 3.05) is 38.6 Å². The highest BCUT2D eigenvalue weighted by molar-refractivity contribution is 5.95. The predicted molar refractivity (Wildman–Crippen MR) is 98.4 cm³/mol. The molecule has 0 bridgehead atoms. The molecule has 27 heavy (non-hydrogen) atoms. The minimum atomic E-state index is -0.265. The van der Waals surface area contributed by atoms with Crippen LogP contribution in [0, 0.1) is 11.3 Å². The van der Waals surface area contributed by atoms with Crippen LogP contribution in [0.4, 0.5) is 10.5 Å². The van der Waals surface area contributed by atoms with Crippen LogP contribution in [-0.2, 0) is 0 Å². The van der Waals surface area contributed by atoms with E-state index in [2.05, 4.69) is 10.3 Å². The summed E-state index contributed by atoms with van der Waals surface area (Å²) < 4.78 is 5.16. The summed E-state index contributed by atoms with van der Waals surface area (Å²) in [5, 5.41) is 11.6. The van der Waals surface area contributed by atoms with Crippen LogP contribution >= 0.6 is 0 Å². The number of piperazine rings is 1. The van der Waals surface area contributed by atoms with Gasteiger partial charge in [0.2, 0.25) is 0 Å². The number of urea groups is 1. The Labute approximate surface area is 157 Å². The van der Waals surface area contributed by atoms with E-state index in [-0.39, 0.29) is 17.6 Å². The molecule has 1 saturated heterocycles. The van der Waals surface area contributed by atoms with Crippen LogP contribution < -0.4 is 10.1 Å². The third kappa shape index (κ3) is 4.33. The van der Waals surface area contributed by atoms with Crippen molar-refractivity contribution < 1.29 is 14.3 Å². The maximum atomic E-state index is 12.6. The molecule has 0 unspecified atom stereocenters. The van der Waals surface area contributed by atoms with Gasteiger partial charge in [0, 0.05) is 43.6 Å². The van der Waals surface area contributed by atoms with Crippen molar-refractivity contribution in [2.45, 2.75) is 0 Å². The number of methoxy groups -OCH3 is 1. The first-order chi connectivity index (χ1) is 13.1. The van der Waals surface area contributed by atoms with Crippen molar-refractivity contribution in [1.29, 1.82) is 5.26 Å². The second-order valence-electron chi connectivity index (χ2n) is 5.98. The number of hydrogen-bond donors (Lipinski definition) is 1. The third-order valence-corrected chi connectivity index (χ3v) is 4.30. The predicted octanol–water partition coefficient (Wildman–Crippen LogP) is 1.95. The van der Waals surface area contributed by atoms with Crippen LogP contribution in [0.25, 0.3) is 0 Å². The van der Waals surface area contributed by atoms with Gasteiger partial charge in [0.1, 0.15) is 17.5 Å². The number of carbonyl (C=O) groups excluding carboxylic acids is 2. The Morgan fingerprint density at radius 1 is 1.15 bits per heavy atom. The van der Waals surface area contributed by atoms with Gasteiger partial charge in [-0.15, -0.1) is 0 Å². The highest BCUT2D eigenvalue weighted by atomic mass is 16.5. The Morgan fingerprint density at radius 2 is 1.89 bits per heavy atom. The summed E-state index contributed by atoms with van der Waals surface area (Å²) in [5.41, 5.74) is 1.32. The van der Waals surface area contributed by atoms with Gasteiger partial charge in [-0.25, -0.2) is 9.78 Å². The molecular formula is C19H19N5O3. The van der Waals surface area contributed by atoms with Crippen LogP contribution in [0.2, 0.25) is 0 Å². The Kier molecular flexibility index (Phi) is 5.52. The summed E-state index contributed by atoms with van der Waals surface area (Å²) in [6.07, 6.45) is 1.47. The van der Waals surface area contributed by atoms with Crippen molar-refractivity contribution >= 4 is 17.6 Å². The molecule has 1 N–H and O–H groups in total. The number of ether oxygens (including phenoxy) is 1. The molecule has 2 heterocycles. The zero-order valence-electron chi connectivity index (χ0n) is 14.9. The molecule has 0 saturated carbocycles. The summed E-state index contributed by atoms with van der Waals surface area (Å²) in [6, 6.07) is 11.8. The first kappa shape index (κ1) is 18.2. The number of nitrogens with zero attached hydrogens (tertiary/aromatic N) is 4. The molecule has 3 rings (SSSR count). The number of nitrogens with one attached hydrogen (secondary N) is 1.